The van der Waals surface area contributed by atoms with Gasteiger partial charge in [0.25, 0.3) is 11.8 Å². The lowest BCUT2D eigenvalue weighted by atomic mass is 9.98. The number of carbonyl (C=O) groups excluding carboxylic acids is 2. The van der Waals surface area contributed by atoms with Crippen LogP contribution in [0.2, 0.25) is 0 Å². The number of anilines is 2. The molecule has 4 aromatic rings. The highest BCUT2D eigenvalue weighted by Gasteiger charge is 2.46. The molecule has 10 heteroatoms. The van der Waals surface area contributed by atoms with Crippen molar-refractivity contribution in [3.05, 3.63) is 29.5 Å². The molecule has 0 spiro atoms. The highest BCUT2D eigenvalue weighted by Crippen LogP contribution is 2.58. The van der Waals surface area contributed by atoms with E-state index in [-0.39, 0.29) is 11.8 Å². The van der Waals surface area contributed by atoms with Gasteiger partial charge >= 0.3 is 0 Å². The molecule has 0 N–H and O–H groups in total. The van der Waals surface area contributed by atoms with Gasteiger partial charge in [0.2, 0.25) is 0 Å². The van der Waals surface area contributed by atoms with Crippen LogP contribution in [-0.2, 0) is 9.59 Å². The van der Waals surface area contributed by atoms with E-state index in [1.165, 1.54) is 22.2 Å². The van der Waals surface area contributed by atoms with E-state index >= 15 is 0 Å². The van der Waals surface area contributed by atoms with Crippen LogP contribution in [-0.4, -0.2) is 24.9 Å². The SMILES string of the molecule is CCCCC(CC)CN1C(=O)/C(=C2/C(=O)N(CC(CC)CCCC)c3c2sc2cc(Br)sc32)c2sc3cc(Br)sc3c21. The molecule has 0 bridgehead atoms. The Morgan fingerprint density at radius 3 is 1.43 bits per heavy atom. The number of hydrogen-bond donors (Lipinski definition) is 0. The second-order valence-corrected chi connectivity index (χ2v) is 18.4. The monoisotopic (exact) mass is 766 g/mol. The number of rotatable bonds is 12. The van der Waals surface area contributed by atoms with E-state index in [9.17, 15) is 9.59 Å². The minimum Gasteiger partial charge on any atom is -0.305 e. The minimum absolute atomic E-state index is 0.00438. The third-order valence-corrected chi connectivity index (χ3v) is 14.6. The smallest absolute Gasteiger partial charge is 0.260 e. The Bertz CT molecular complexity index is 1570. The van der Waals surface area contributed by atoms with Gasteiger partial charge in [0.15, 0.2) is 0 Å². The van der Waals surface area contributed by atoms with Crippen molar-refractivity contribution in [1.29, 1.82) is 0 Å². The minimum atomic E-state index is 0.00438. The summed E-state index contributed by atoms with van der Waals surface area (Å²) in [6, 6.07) is 4.32. The summed E-state index contributed by atoms with van der Waals surface area (Å²) in [5, 5.41) is 0. The lowest BCUT2D eigenvalue weighted by molar-refractivity contribution is -0.114. The maximum atomic E-state index is 14.6. The summed E-state index contributed by atoms with van der Waals surface area (Å²) in [6.07, 6.45) is 8.94. The van der Waals surface area contributed by atoms with Crippen molar-refractivity contribution in [1.82, 2.24) is 0 Å². The Morgan fingerprint density at radius 2 is 1.07 bits per heavy atom. The van der Waals surface area contributed by atoms with E-state index in [0.29, 0.717) is 36.1 Å². The quantitative estimate of drug-likeness (QED) is 0.135. The van der Waals surface area contributed by atoms with Gasteiger partial charge in [-0.1, -0.05) is 66.2 Å². The summed E-state index contributed by atoms with van der Waals surface area (Å²) in [7, 11) is 0. The van der Waals surface area contributed by atoms with Gasteiger partial charge in [-0.25, -0.2) is 0 Å². The zero-order valence-electron chi connectivity index (χ0n) is 24.5. The average Bonchev–Trinajstić information content (AvgIpc) is 3.77. The van der Waals surface area contributed by atoms with Gasteiger partial charge in [-0.3, -0.25) is 9.59 Å². The summed E-state index contributed by atoms with van der Waals surface area (Å²) < 4.78 is 6.81. The van der Waals surface area contributed by atoms with Gasteiger partial charge in [0.1, 0.15) is 0 Å². The molecule has 2 atom stereocenters. The van der Waals surface area contributed by atoms with Gasteiger partial charge in [-0.15, -0.1) is 45.3 Å². The normalized spacial score (nSPS) is 18.2. The van der Waals surface area contributed by atoms with Crippen LogP contribution < -0.4 is 9.80 Å². The summed E-state index contributed by atoms with van der Waals surface area (Å²) in [6.45, 7) is 10.3. The van der Waals surface area contributed by atoms with E-state index in [0.717, 1.165) is 76.6 Å². The van der Waals surface area contributed by atoms with Crippen LogP contribution in [0, 0.1) is 11.8 Å². The Kier molecular flexibility index (Phi) is 9.40. The van der Waals surface area contributed by atoms with E-state index in [1.54, 1.807) is 45.3 Å². The van der Waals surface area contributed by atoms with Gasteiger partial charge in [-0.05, 0) is 68.7 Å². The predicted molar refractivity (Wildman–Crippen MR) is 193 cm³/mol. The molecule has 0 saturated carbocycles. The van der Waals surface area contributed by atoms with Crippen molar-refractivity contribution in [2.75, 3.05) is 22.9 Å². The standard InChI is InChI=1S/C32H36Br2N2O2S4/c1-5-9-11-17(7-3)15-35-25-27-19(13-21(33)41-27)39-29(25)23(31(35)37)24-30-26(28-20(40-30)14-22(34)42-28)36(32(24)38)16-18(8-4)12-10-6-2/h13-14,17-18H,5-12,15-16H2,1-4H3/b24-23+. The predicted octanol–water partition coefficient (Wildman–Crippen LogP) is 11.8. The summed E-state index contributed by atoms with van der Waals surface area (Å²) in [5.74, 6) is 0.877. The van der Waals surface area contributed by atoms with Crippen molar-refractivity contribution in [3.8, 4) is 0 Å². The molecule has 6 rings (SSSR count). The van der Waals surface area contributed by atoms with Crippen molar-refractivity contribution in [2.24, 2.45) is 11.8 Å². The van der Waals surface area contributed by atoms with Gasteiger partial charge < -0.3 is 9.80 Å². The first-order chi connectivity index (χ1) is 20.3. The van der Waals surface area contributed by atoms with Gasteiger partial charge in [0, 0.05) is 22.5 Å². The molecule has 42 heavy (non-hydrogen) atoms. The molecule has 4 nitrogen and oxygen atoms in total. The summed E-state index contributed by atoms with van der Waals surface area (Å²) in [4.78, 5) is 35.2. The first-order valence-corrected chi connectivity index (χ1v) is 20.0. The fourth-order valence-corrected chi connectivity index (χ4v) is 12.9. The third-order valence-electron chi connectivity index (χ3n) is 8.75. The number of nitrogens with zero attached hydrogens (tertiary/aromatic N) is 2. The highest BCUT2D eigenvalue weighted by atomic mass is 79.9. The molecule has 2 unspecified atom stereocenters. The van der Waals surface area contributed by atoms with E-state index in [1.807, 2.05) is 9.80 Å². The number of unbranched alkanes of at least 4 members (excludes halogenated alkanes) is 2. The zero-order chi connectivity index (χ0) is 29.7. The van der Waals surface area contributed by atoms with Crippen LogP contribution in [0.5, 0.6) is 0 Å². The van der Waals surface area contributed by atoms with Crippen LogP contribution >= 0.6 is 77.2 Å². The second kappa shape index (κ2) is 12.8. The molecular formula is C32H36Br2N2O2S4. The molecule has 0 radical (unpaired) electrons. The number of halogens is 2. The molecule has 0 saturated heterocycles. The molecule has 0 aromatic carbocycles. The van der Waals surface area contributed by atoms with Crippen molar-refractivity contribution < 1.29 is 9.59 Å². The van der Waals surface area contributed by atoms with Crippen LogP contribution in [0.4, 0.5) is 11.4 Å². The maximum Gasteiger partial charge on any atom is 0.260 e. The summed E-state index contributed by atoms with van der Waals surface area (Å²) >= 11 is 14.1. The van der Waals surface area contributed by atoms with E-state index in [2.05, 4.69) is 71.7 Å². The van der Waals surface area contributed by atoms with E-state index < -0.39 is 0 Å². The fourth-order valence-electron chi connectivity index (χ4n) is 6.33. The summed E-state index contributed by atoms with van der Waals surface area (Å²) in [5.41, 5.74) is 3.30. The Hall–Kier alpha value is -1.04. The molecule has 4 aromatic heterocycles. The van der Waals surface area contributed by atoms with Gasteiger partial charge in [-0.2, -0.15) is 0 Å². The van der Waals surface area contributed by atoms with Crippen LogP contribution in [0.25, 0.3) is 29.9 Å². The number of fused-ring (bicyclic) bond motifs is 6. The van der Waals surface area contributed by atoms with Crippen LogP contribution in [0.3, 0.4) is 0 Å². The molecular weight excluding hydrogens is 732 g/mol. The lowest BCUT2D eigenvalue weighted by Crippen LogP contribution is -2.34. The zero-order valence-corrected chi connectivity index (χ0v) is 30.9. The van der Waals surface area contributed by atoms with Crippen LogP contribution in [0.1, 0.15) is 88.8 Å². The molecule has 6 heterocycles. The van der Waals surface area contributed by atoms with Crippen molar-refractivity contribution in [2.45, 2.75) is 79.1 Å². The van der Waals surface area contributed by atoms with Crippen LogP contribution in [0.15, 0.2) is 19.7 Å². The van der Waals surface area contributed by atoms with Crippen molar-refractivity contribution >= 4 is 130 Å². The maximum absolute atomic E-state index is 14.6. The Labute approximate surface area is 281 Å². The van der Waals surface area contributed by atoms with Gasteiger partial charge in [0.05, 0.1) is 49.2 Å². The number of hydrogen-bond acceptors (Lipinski definition) is 6. The Morgan fingerprint density at radius 1 is 0.667 bits per heavy atom. The second-order valence-electron chi connectivity index (χ2n) is 11.5. The topological polar surface area (TPSA) is 40.6 Å². The fraction of sp³-hybridized carbons (Fsp3) is 0.500. The number of carbonyl (C=O) groups is 2. The molecule has 0 fully saturated rings. The molecule has 2 aliphatic heterocycles. The molecule has 224 valence electrons. The Balaban J connectivity index is 1.52. The largest absolute Gasteiger partial charge is 0.305 e. The third kappa shape index (κ3) is 5.30. The molecule has 2 aliphatic rings. The molecule has 0 aliphatic carbocycles. The number of thiophene rings is 4. The molecule has 2 amide bonds. The van der Waals surface area contributed by atoms with Crippen molar-refractivity contribution in [3.63, 3.8) is 0 Å². The first kappa shape index (κ1) is 31.0. The lowest BCUT2D eigenvalue weighted by Gasteiger charge is -2.24. The average molecular weight is 769 g/mol. The van der Waals surface area contributed by atoms with E-state index in [4.69, 9.17) is 0 Å². The highest BCUT2D eigenvalue weighted by molar-refractivity contribution is 9.11. The first-order valence-electron chi connectivity index (χ1n) is 15.1. The number of amides is 2.